The largest absolute Gasteiger partial charge is 0.372 e. The normalized spacial score (nSPS) is 10.2. The van der Waals surface area contributed by atoms with Crippen molar-refractivity contribution in [3.05, 3.63) is 51.3 Å². The van der Waals surface area contributed by atoms with Crippen molar-refractivity contribution >= 4 is 44.9 Å². The standard InChI is InChI=1S/C13H10BrClFN3O/c1-17-12-9(4-7(14)6-18-12)13(20)19-8-2-3-11(16)10(15)5-8/h2-6H,1H3,(H,17,18)(H,19,20). The summed E-state index contributed by atoms with van der Waals surface area (Å²) in [5.41, 5.74) is 0.769. The first kappa shape index (κ1) is 14.7. The summed E-state index contributed by atoms with van der Waals surface area (Å²) in [6.07, 6.45) is 1.58. The third-order valence-corrected chi connectivity index (χ3v) is 3.24. The van der Waals surface area contributed by atoms with Crippen LogP contribution in [0.25, 0.3) is 0 Å². The number of anilines is 2. The van der Waals surface area contributed by atoms with Crippen LogP contribution in [-0.4, -0.2) is 17.9 Å². The second-order valence-corrected chi connectivity index (χ2v) is 5.21. The molecule has 0 aliphatic carbocycles. The van der Waals surface area contributed by atoms with Crippen molar-refractivity contribution in [2.45, 2.75) is 0 Å². The fourth-order valence-electron chi connectivity index (χ4n) is 1.58. The number of pyridine rings is 1. The molecule has 0 aliphatic rings. The fourth-order valence-corrected chi connectivity index (χ4v) is 2.10. The average molecular weight is 359 g/mol. The van der Waals surface area contributed by atoms with Crippen LogP contribution in [0.3, 0.4) is 0 Å². The highest BCUT2D eigenvalue weighted by atomic mass is 79.9. The van der Waals surface area contributed by atoms with Gasteiger partial charge >= 0.3 is 0 Å². The van der Waals surface area contributed by atoms with E-state index in [4.69, 9.17) is 11.6 Å². The highest BCUT2D eigenvalue weighted by Crippen LogP contribution is 2.22. The Morgan fingerprint density at radius 1 is 1.40 bits per heavy atom. The van der Waals surface area contributed by atoms with Gasteiger partial charge in [0.2, 0.25) is 0 Å². The zero-order chi connectivity index (χ0) is 14.7. The Morgan fingerprint density at radius 3 is 2.80 bits per heavy atom. The van der Waals surface area contributed by atoms with Gasteiger partial charge in [0.15, 0.2) is 0 Å². The smallest absolute Gasteiger partial charge is 0.259 e. The quantitative estimate of drug-likeness (QED) is 0.874. The van der Waals surface area contributed by atoms with E-state index in [-0.39, 0.29) is 10.9 Å². The number of hydrogen-bond acceptors (Lipinski definition) is 3. The number of hydrogen-bond donors (Lipinski definition) is 2. The van der Waals surface area contributed by atoms with E-state index >= 15 is 0 Å². The van der Waals surface area contributed by atoms with Crippen LogP contribution in [0.2, 0.25) is 5.02 Å². The molecule has 0 saturated carbocycles. The molecule has 7 heteroatoms. The lowest BCUT2D eigenvalue weighted by Gasteiger charge is -2.10. The van der Waals surface area contributed by atoms with Crippen LogP contribution in [-0.2, 0) is 0 Å². The molecule has 4 nitrogen and oxygen atoms in total. The predicted octanol–water partition coefficient (Wildman–Crippen LogP) is 3.93. The first-order valence-corrected chi connectivity index (χ1v) is 6.78. The zero-order valence-electron chi connectivity index (χ0n) is 10.4. The molecule has 0 unspecified atom stereocenters. The molecule has 1 amide bonds. The lowest BCUT2D eigenvalue weighted by Crippen LogP contribution is -2.15. The van der Waals surface area contributed by atoms with Crippen molar-refractivity contribution in [3.8, 4) is 0 Å². The molecule has 104 valence electrons. The summed E-state index contributed by atoms with van der Waals surface area (Å²) >= 11 is 8.93. The molecular formula is C13H10BrClFN3O. The van der Waals surface area contributed by atoms with E-state index in [1.807, 2.05) is 0 Å². The molecule has 0 bridgehead atoms. The first-order chi connectivity index (χ1) is 9.51. The Hall–Kier alpha value is -1.66. The molecule has 0 saturated heterocycles. The maximum absolute atomic E-state index is 13.1. The van der Waals surface area contributed by atoms with E-state index in [0.29, 0.717) is 21.5 Å². The van der Waals surface area contributed by atoms with Crippen LogP contribution in [0.1, 0.15) is 10.4 Å². The summed E-state index contributed by atoms with van der Waals surface area (Å²) in [6.45, 7) is 0. The molecule has 2 rings (SSSR count). The highest BCUT2D eigenvalue weighted by molar-refractivity contribution is 9.10. The molecule has 0 fully saturated rings. The Labute approximate surface area is 128 Å². The maximum atomic E-state index is 13.1. The third-order valence-electron chi connectivity index (χ3n) is 2.51. The van der Waals surface area contributed by atoms with Crippen LogP contribution >= 0.6 is 27.5 Å². The Morgan fingerprint density at radius 2 is 2.15 bits per heavy atom. The van der Waals surface area contributed by atoms with E-state index in [9.17, 15) is 9.18 Å². The Bertz CT molecular complexity index is 666. The Balaban J connectivity index is 2.27. The van der Waals surface area contributed by atoms with Crippen LogP contribution < -0.4 is 10.6 Å². The van der Waals surface area contributed by atoms with Crippen LogP contribution in [0.5, 0.6) is 0 Å². The van der Waals surface area contributed by atoms with Gasteiger partial charge in [-0.2, -0.15) is 0 Å². The SMILES string of the molecule is CNc1ncc(Br)cc1C(=O)Nc1ccc(F)c(Cl)c1. The molecule has 20 heavy (non-hydrogen) atoms. The summed E-state index contributed by atoms with van der Waals surface area (Å²) < 4.78 is 13.7. The summed E-state index contributed by atoms with van der Waals surface area (Å²) in [7, 11) is 1.67. The van der Waals surface area contributed by atoms with Gasteiger partial charge in [-0.05, 0) is 40.2 Å². The summed E-state index contributed by atoms with van der Waals surface area (Å²) in [6, 6.07) is 5.61. The van der Waals surface area contributed by atoms with Crippen LogP contribution in [0, 0.1) is 5.82 Å². The van der Waals surface area contributed by atoms with Crippen molar-refractivity contribution in [2.75, 3.05) is 17.7 Å². The Kier molecular flexibility index (Phi) is 4.57. The molecule has 2 aromatic rings. The molecule has 0 spiro atoms. The third kappa shape index (κ3) is 3.26. The number of nitrogens with one attached hydrogen (secondary N) is 2. The molecular weight excluding hydrogens is 349 g/mol. The van der Waals surface area contributed by atoms with Gasteiger partial charge in [-0.15, -0.1) is 0 Å². The maximum Gasteiger partial charge on any atom is 0.259 e. The van der Waals surface area contributed by atoms with Gasteiger partial charge in [-0.25, -0.2) is 9.37 Å². The molecule has 0 aliphatic heterocycles. The van der Waals surface area contributed by atoms with Gasteiger partial charge in [-0.1, -0.05) is 11.6 Å². The minimum absolute atomic E-state index is 0.0518. The van der Waals surface area contributed by atoms with Gasteiger partial charge in [0.1, 0.15) is 11.6 Å². The van der Waals surface area contributed by atoms with Gasteiger partial charge < -0.3 is 10.6 Å². The van der Waals surface area contributed by atoms with Gasteiger partial charge in [0, 0.05) is 23.4 Å². The molecule has 1 aromatic carbocycles. The number of benzene rings is 1. The predicted molar refractivity (Wildman–Crippen MR) is 80.8 cm³/mol. The van der Waals surface area contributed by atoms with E-state index in [1.165, 1.54) is 18.2 Å². The van der Waals surface area contributed by atoms with Crippen LogP contribution in [0.15, 0.2) is 34.9 Å². The van der Waals surface area contributed by atoms with Gasteiger partial charge in [0.05, 0.1) is 10.6 Å². The fraction of sp³-hybridized carbons (Fsp3) is 0.0769. The lowest BCUT2D eigenvalue weighted by atomic mass is 10.2. The van der Waals surface area contributed by atoms with Crippen molar-refractivity contribution in [2.24, 2.45) is 0 Å². The number of nitrogens with zero attached hydrogens (tertiary/aromatic N) is 1. The number of amides is 1. The van der Waals surface area contributed by atoms with E-state index in [1.54, 1.807) is 19.3 Å². The summed E-state index contributed by atoms with van der Waals surface area (Å²) in [5.74, 6) is -0.463. The topological polar surface area (TPSA) is 54.0 Å². The summed E-state index contributed by atoms with van der Waals surface area (Å²) in [4.78, 5) is 16.3. The van der Waals surface area contributed by atoms with Gasteiger partial charge in [0.25, 0.3) is 5.91 Å². The van der Waals surface area contributed by atoms with Gasteiger partial charge in [-0.3, -0.25) is 4.79 Å². The highest BCUT2D eigenvalue weighted by Gasteiger charge is 2.13. The van der Waals surface area contributed by atoms with E-state index < -0.39 is 5.82 Å². The van der Waals surface area contributed by atoms with Crippen molar-refractivity contribution in [1.82, 2.24) is 4.98 Å². The van der Waals surface area contributed by atoms with E-state index in [2.05, 4.69) is 31.5 Å². The number of rotatable bonds is 3. The molecule has 1 aromatic heterocycles. The monoisotopic (exact) mass is 357 g/mol. The van der Waals surface area contributed by atoms with Crippen molar-refractivity contribution in [3.63, 3.8) is 0 Å². The lowest BCUT2D eigenvalue weighted by molar-refractivity contribution is 0.102. The van der Waals surface area contributed by atoms with Crippen LogP contribution in [0.4, 0.5) is 15.9 Å². The van der Waals surface area contributed by atoms with Crippen molar-refractivity contribution < 1.29 is 9.18 Å². The second kappa shape index (κ2) is 6.19. The van der Waals surface area contributed by atoms with Crippen molar-refractivity contribution in [1.29, 1.82) is 0 Å². The number of carbonyl (C=O) groups is 1. The number of carbonyl (C=O) groups excluding carboxylic acids is 1. The average Bonchev–Trinajstić information content (AvgIpc) is 2.43. The number of halogens is 3. The molecule has 1 heterocycles. The minimum atomic E-state index is -0.537. The molecule has 0 atom stereocenters. The minimum Gasteiger partial charge on any atom is -0.372 e. The number of aromatic nitrogens is 1. The van der Waals surface area contributed by atoms with E-state index in [0.717, 1.165) is 0 Å². The summed E-state index contributed by atoms with van der Waals surface area (Å²) in [5, 5.41) is 5.42. The molecule has 0 radical (unpaired) electrons. The second-order valence-electron chi connectivity index (χ2n) is 3.88. The molecule has 2 N–H and O–H groups in total. The first-order valence-electron chi connectivity index (χ1n) is 5.61. The zero-order valence-corrected chi connectivity index (χ0v) is 12.7.